The first-order valence-electron chi connectivity index (χ1n) is 4.21. The van der Waals surface area contributed by atoms with Crippen LogP contribution in [0.25, 0.3) is 0 Å². The third-order valence-electron chi connectivity index (χ3n) is 1.07. The molecule has 0 saturated carbocycles. The molecule has 0 aliphatic rings. The van der Waals surface area contributed by atoms with Gasteiger partial charge in [0.2, 0.25) is 0 Å². The Labute approximate surface area is 114 Å². The molecule has 0 aliphatic heterocycles. The Morgan fingerprint density at radius 1 is 0.765 bits per heavy atom. The van der Waals surface area contributed by atoms with E-state index >= 15 is 0 Å². The summed E-state index contributed by atoms with van der Waals surface area (Å²) in [6, 6.07) is 12.0. The Kier molecular flexibility index (Phi) is 21.0. The summed E-state index contributed by atoms with van der Waals surface area (Å²) >= 11 is 8.50. The van der Waals surface area contributed by atoms with Crippen LogP contribution < -0.4 is 11.5 Å². The van der Waals surface area contributed by atoms with Crippen molar-refractivity contribution in [1.82, 2.24) is 0 Å². The lowest BCUT2D eigenvalue weighted by molar-refractivity contribution is 0.408. The molecule has 0 radical (unpaired) electrons. The Morgan fingerprint density at radius 3 is 0.941 bits per heavy atom. The monoisotopic (exact) mass is 276 g/mol. The van der Waals surface area contributed by atoms with Gasteiger partial charge < -0.3 is 20.9 Å². The Hall–Kier alpha value is -1.40. The molecule has 0 aliphatic carbocycles. The van der Waals surface area contributed by atoms with Crippen LogP contribution in [-0.2, 0) is 9.47 Å². The van der Waals surface area contributed by atoms with Crippen molar-refractivity contribution in [2.45, 2.75) is 7.43 Å². The fourth-order valence-corrected chi connectivity index (χ4v) is 0.385. The van der Waals surface area contributed by atoms with Crippen LogP contribution in [0.4, 0.5) is 0 Å². The minimum Gasteiger partial charge on any atom is -0.475 e. The van der Waals surface area contributed by atoms with Crippen molar-refractivity contribution >= 4 is 34.8 Å². The lowest BCUT2D eigenvalue weighted by atomic mass is 10.4. The molecule has 0 aromatic heterocycles. The minimum absolute atomic E-state index is 0. The fraction of sp³-hybridized carbons (Fsp3) is 0.273. The van der Waals surface area contributed by atoms with Gasteiger partial charge in [0.1, 0.15) is 0 Å². The molecule has 0 spiro atoms. The van der Waals surface area contributed by atoms with Gasteiger partial charge in [-0.05, 0) is 24.4 Å². The van der Waals surface area contributed by atoms with E-state index < -0.39 is 0 Å². The van der Waals surface area contributed by atoms with Gasteiger partial charge in [0.25, 0.3) is 10.3 Å². The molecule has 4 nitrogen and oxygen atoms in total. The number of ether oxygens (including phenoxy) is 2. The van der Waals surface area contributed by atoms with Crippen LogP contribution in [0.3, 0.4) is 0 Å². The van der Waals surface area contributed by atoms with Crippen LogP contribution >= 0.6 is 24.4 Å². The first-order chi connectivity index (χ1) is 7.54. The number of methoxy groups -OCH3 is 2. The quantitative estimate of drug-likeness (QED) is 0.707. The topological polar surface area (TPSA) is 70.5 Å². The van der Waals surface area contributed by atoms with Gasteiger partial charge >= 0.3 is 0 Å². The molecular formula is C11H20N2O2S2. The van der Waals surface area contributed by atoms with Crippen molar-refractivity contribution in [3.63, 3.8) is 0 Å². The number of rotatable bonds is 0. The molecule has 6 heteroatoms. The van der Waals surface area contributed by atoms with Crippen molar-refractivity contribution in [2.24, 2.45) is 11.5 Å². The second-order valence-corrected chi connectivity index (χ2v) is 3.01. The predicted molar refractivity (Wildman–Crippen MR) is 80.8 cm³/mol. The molecule has 1 aromatic carbocycles. The van der Waals surface area contributed by atoms with E-state index in [0.29, 0.717) is 0 Å². The van der Waals surface area contributed by atoms with E-state index in [0.717, 1.165) is 0 Å². The van der Waals surface area contributed by atoms with E-state index in [-0.39, 0.29) is 17.8 Å². The summed E-state index contributed by atoms with van der Waals surface area (Å²) < 4.78 is 8.52. The van der Waals surface area contributed by atoms with Crippen LogP contribution in [0.2, 0.25) is 0 Å². The van der Waals surface area contributed by atoms with Crippen molar-refractivity contribution < 1.29 is 9.47 Å². The lowest BCUT2D eigenvalue weighted by Crippen LogP contribution is -2.08. The van der Waals surface area contributed by atoms with Crippen LogP contribution in [0.1, 0.15) is 7.43 Å². The van der Waals surface area contributed by atoms with Gasteiger partial charge in [-0.15, -0.1) is 0 Å². The van der Waals surface area contributed by atoms with Crippen molar-refractivity contribution in [3.05, 3.63) is 36.4 Å². The molecule has 0 fully saturated rings. The van der Waals surface area contributed by atoms with Crippen LogP contribution in [-0.4, -0.2) is 24.6 Å². The molecule has 0 saturated heterocycles. The summed E-state index contributed by atoms with van der Waals surface area (Å²) in [6.07, 6.45) is 0. The number of thiocarbonyl (C=S) groups is 2. The third-order valence-corrected chi connectivity index (χ3v) is 1.40. The van der Waals surface area contributed by atoms with E-state index in [9.17, 15) is 0 Å². The Bertz CT molecular complexity index is 241. The number of nitrogens with two attached hydrogens (primary N) is 2. The van der Waals surface area contributed by atoms with E-state index in [1.54, 1.807) is 0 Å². The lowest BCUT2D eigenvalue weighted by Gasteiger charge is -1.85. The summed E-state index contributed by atoms with van der Waals surface area (Å²) in [6.45, 7) is 0. The highest BCUT2D eigenvalue weighted by atomic mass is 32.1. The second kappa shape index (κ2) is 17.0. The molecule has 0 amide bonds. The summed E-state index contributed by atoms with van der Waals surface area (Å²) in [7, 11) is 2.87. The highest BCUT2D eigenvalue weighted by Crippen LogP contribution is 1.79. The molecule has 1 rings (SSSR count). The van der Waals surface area contributed by atoms with Gasteiger partial charge in [-0.3, -0.25) is 0 Å². The zero-order valence-electron chi connectivity index (χ0n) is 9.25. The summed E-state index contributed by atoms with van der Waals surface area (Å²) in [5, 5.41) is 0.176. The number of benzene rings is 1. The zero-order valence-corrected chi connectivity index (χ0v) is 10.9. The maximum Gasteiger partial charge on any atom is 0.253 e. The summed E-state index contributed by atoms with van der Waals surface area (Å²) in [5.74, 6) is 0. The first kappa shape index (κ1) is 20.9. The first-order valence-corrected chi connectivity index (χ1v) is 5.03. The van der Waals surface area contributed by atoms with Crippen LogP contribution in [0, 0.1) is 0 Å². The van der Waals surface area contributed by atoms with E-state index in [2.05, 4.69) is 33.9 Å². The molecule has 0 atom stereocenters. The average molecular weight is 276 g/mol. The highest BCUT2D eigenvalue weighted by Gasteiger charge is 1.69. The standard InChI is InChI=1S/C6H6.2C2H5NOS.CH4/c1-2-4-6-5-3-1;2*1-4-2(3)5;/h1-6H;2*1H3,(H2,3,5);1H4. The smallest absolute Gasteiger partial charge is 0.253 e. The maximum absolute atomic E-state index is 4.80. The molecular weight excluding hydrogens is 256 g/mol. The molecule has 17 heavy (non-hydrogen) atoms. The molecule has 0 unspecified atom stereocenters. The van der Waals surface area contributed by atoms with Gasteiger partial charge in [0.05, 0.1) is 14.2 Å². The zero-order chi connectivity index (χ0) is 12.8. The largest absolute Gasteiger partial charge is 0.475 e. The number of hydrogen-bond acceptors (Lipinski definition) is 4. The van der Waals surface area contributed by atoms with Crippen molar-refractivity contribution in [1.29, 1.82) is 0 Å². The van der Waals surface area contributed by atoms with E-state index in [1.807, 2.05) is 36.4 Å². The molecule has 4 N–H and O–H groups in total. The SMILES string of the molecule is C.COC(N)=S.COC(N)=S.c1ccccc1. The molecule has 0 heterocycles. The third kappa shape index (κ3) is 31.3. The van der Waals surface area contributed by atoms with Gasteiger partial charge in [0.15, 0.2) is 0 Å². The summed E-state index contributed by atoms with van der Waals surface area (Å²) in [5.41, 5.74) is 9.60. The fourth-order valence-electron chi connectivity index (χ4n) is 0.385. The Balaban J connectivity index is -0.000000170. The number of hydrogen-bond donors (Lipinski definition) is 2. The van der Waals surface area contributed by atoms with E-state index in [1.165, 1.54) is 14.2 Å². The van der Waals surface area contributed by atoms with E-state index in [4.69, 9.17) is 11.5 Å². The van der Waals surface area contributed by atoms with Gasteiger partial charge in [-0.1, -0.05) is 43.8 Å². The maximum atomic E-state index is 4.80. The minimum atomic E-state index is 0. The summed E-state index contributed by atoms with van der Waals surface area (Å²) in [4.78, 5) is 0. The van der Waals surface area contributed by atoms with Gasteiger partial charge in [0, 0.05) is 0 Å². The second-order valence-electron chi connectivity index (χ2n) is 2.20. The van der Waals surface area contributed by atoms with Gasteiger partial charge in [-0.25, -0.2) is 0 Å². The predicted octanol–water partition coefficient (Wildman–Crippen LogP) is 2.08. The Morgan fingerprint density at radius 2 is 0.882 bits per heavy atom. The molecule has 1 aromatic rings. The van der Waals surface area contributed by atoms with Crippen molar-refractivity contribution in [2.75, 3.05) is 14.2 Å². The van der Waals surface area contributed by atoms with Crippen LogP contribution in [0.5, 0.6) is 0 Å². The van der Waals surface area contributed by atoms with Crippen LogP contribution in [0.15, 0.2) is 36.4 Å². The molecule has 98 valence electrons. The molecule has 0 bridgehead atoms. The normalized spacial score (nSPS) is 6.71. The van der Waals surface area contributed by atoms with Crippen molar-refractivity contribution in [3.8, 4) is 0 Å². The highest BCUT2D eigenvalue weighted by molar-refractivity contribution is 7.80. The average Bonchev–Trinajstić information content (AvgIpc) is 2.32. The van der Waals surface area contributed by atoms with Gasteiger partial charge in [-0.2, -0.15) is 0 Å².